The van der Waals surface area contributed by atoms with E-state index in [4.69, 9.17) is 4.74 Å². The molecule has 0 saturated heterocycles. The molecule has 0 amide bonds. The number of ether oxygens (including phenoxy) is 1. The highest BCUT2D eigenvalue weighted by Gasteiger charge is 2.57. The van der Waals surface area contributed by atoms with Gasteiger partial charge in [-0.25, -0.2) is 0 Å². The Balaban J connectivity index is 3.06. The van der Waals surface area contributed by atoms with Crippen LogP contribution in [0.4, 0.5) is 0 Å². The highest BCUT2D eigenvalue weighted by Crippen LogP contribution is 2.54. The first kappa shape index (κ1) is 12.0. The average Bonchev–Trinajstić information content (AvgIpc) is 2.02. The van der Waals surface area contributed by atoms with E-state index in [-0.39, 0.29) is 16.9 Å². The molecule has 1 saturated carbocycles. The maximum Gasteiger partial charge on any atom is 0.0745 e. The van der Waals surface area contributed by atoms with Gasteiger partial charge >= 0.3 is 0 Å². The van der Waals surface area contributed by atoms with Gasteiger partial charge in [-0.1, -0.05) is 27.7 Å². The molecule has 14 heavy (non-hydrogen) atoms. The van der Waals surface area contributed by atoms with Crippen LogP contribution in [-0.4, -0.2) is 23.9 Å². The van der Waals surface area contributed by atoms with E-state index >= 15 is 0 Å². The lowest BCUT2D eigenvalue weighted by molar-refractivity contribution is -0.213. The third-order valence-corrected chi connectivity index (χ3v) is 4.69. The summed E-state index contributed by atoms with van der Waals surface area (Å²) in [4.78, 5) is 0. The summed E-state index contributed by atoms with van der Waals surface area (Å²) in [5.74, 6) is 0. The molecule has 1 rings (SSSR count). The second-order valence-corrected chi connectivity index (χ2v) is 5.94. The van der Waals surface area contributed by atoms with E-state index in [2.05, 4.69) is 27.7 Å². The maximum absolute atomic E-state index is 10.7. The van der Waals surface area contributed by atoms with Crippen molar-refractivity contribution in [1.82, 2.24) is 0 Å². The van der Waals surface area contributed by atoms with Crippen LogP contribution in [-0.2, 0) is 4.74 Å². The second-order valence-electron chi connectivity index (χ2n) is 5.94. The fourth-order valence-corrected chi connectivity index (χ4v) is 2.69. The van der Waals surface area contributed by atoms with Gasteiger partial charge in [-0.05, 0) is 25.2 Å². The minimum Gasteiger partial charge on any atom is -0.389 e. The summed E-state index contributed by atoms with van der Waals surface area (Å²) >= 11 is 0. The fourth-order valence-electron chi connectivity index (χ4n) is 2.69. The lowest BCUT2D eigenvalue weighted by atomic mass is 9.53. The van der Waals surface area contributed by atoms with Crippen LogP contribution in [0.2, 0.25) is 0 Å². The van der Waals surface area contributed by atoms with E-state index in [9.17, 15) is 5.11 Å². The van der Waals surface area contributed by atoms with Gasteiger partial charge in [0.2, 0.25) is 0 Å². The second kappa shape index (κ2) is 3.21. The van der Waals surface area contributed by atoms with E-state index in [0.29, 0.717) is 0 Å². The molecule has 0 spiro atoms. The number of rotatable bonds is 1. The van der Waals surface area contributed by atoms with Crippen LogP contribution in [0.1, 0.15) is 47.5 Å². The lowest BCUT2D eigenvalue weighted by Gasteiger charge is -2.57. The lowest BCUT2D eigenvalue weighted by Crippen LogP contribution is -2.61. The van der Waals surface area contributed by atoms with Crippen LogP contribution in [0, 0.1) is 10.8 Å². The summed E-state index contributed by atoms with van der Waals surface area (Å²) in [6.45, 7) is 10.4. The fraction of sp³-hybridized carbons (Fsp3) is 1.00. The minimum atomic E-state index is -0.682. The summed E-state index contributed by atoms with van der Waals surface area (Å²) in [5.41, 5.74) is -0.909. The molecule has 84 valence electrons. The molecule has 1 fully saturated rings. The Morgan fingerprint density at radius 2 is 1.64 bits per heavy atom. The van der Waals surface area contributed by atoms with Gasteiger partial charge in [0, 0.05) is 12.5 Å². The van der Waals surface area contributed by atoms with Gasteiger partial charge in [0.15, 0.2) is 0 Å². The first-order valence-corrected chi connectivity index (χ1v) is 5.42. The quantitative estimate of drug-likeness (QED) is 0.705. The number of methoxy groups -OCH3 is 1. The summed E-state index contributed by atoms with van der Waals surface area (Å²) in [7, 11) is 1.74. The molecule has 2 atom stereocenters. The van der Waals surface area contributed by atoms with Crippen molar-refractivity contribution in [3.8, 4) is 0 Å². The van der Waals surface area contributed by atoms with Crippen LogP contribution in [0.3, 0.4) is 0 Å². The highest BCUT2D eigenvalue weighted by atomic mass is 16.5. The highest BCUT2D eigenvalue weighted by molar-refractivity contribution is 5.07. The molecule has 2 heteroatoms. The van der Waals surface area contributed by atoms with Crippen molar-refractivity contribution < 1.29 is 9.84 Å². The minimum absolute atomic E-state index is 0.0362. The number of hydrogen-bond acceptors (Lipinski definition) is 2. The number of hydrogen-bond donors (Lipinski definition) is 1. The van der Waals surface area contributed by atoms with E-state index in [0.717, 1.165) is 12.8 Å². The Hall–Kier alpha value is -0.0800. The smallest absolute Gasteiger partial charge is 0.0745 e. The van der Waals surface area contributed by atoms with Gasteiger partial charge < -0.3 is 9.84 Å². The van der Waals surface area contributed by atoms with Gasteiger partial charge in [0.05, 0.1) is 11.7 Å². The topological polar surface area (TPSA) is 29.5 Å². The van der Waals surface area contributed by atoms with Gasteiger partial charge in [-0.2, -0.15) is 0 Å². The summed E-state index contributed by atoms with van der Waals surface area (Å²) < 4.78 is 5.48. The van der Waals surface area contributed by atoms with Gasteiger partial charge in [0.25, 0.3) is 0 Å². The van der Waals surface area contributed by atoms with Crippen molar-refractivity contribution >= 4 is 0 Å². The van der Waals surface area contributed by atoms with Crippen molar-refractivity contribution in [3.63, 3.8) is 0 Å². The van der Waals surface area contributed by atoms with Crippen LogP contribution < -0.4 is 0 Å². The summed E-state index contributed by atoms with van der Waals surface area (Å²) in [5, 5.41) is 10.7. The molecule has 0 aromatic carbocycles. The average molecular weight is 200 g/mol. The summed E-state index contributed by atoms with van der Waals surface area (Å²) in [6.07, 6.45) is 2.21. The van der Waals surface area contributed by atoms with E-state index in [1.165, 1.54) is 0 Å². The summed E-state index contributed by atoms with van der Waals surface area (Å²) in [6, 6.07) is 0. The van der Waals surface area contributed by atoms with E-state index in [1.54, 1.807) is 7.11 Å². The normalized spacial score (nSPS) is 40.9. The Labute approximate surface area is 87.7 Å². The monoisotopic (exact) mass is 200 g/mol. The molecule has 0 aromatic heterocycles. The van der Waals surface area contributed by atoms with Gasteiger partial charge in [0.1, 0.15) is 0 Å². The van der Waals surface area contributed by atoms with Crippen molar-refractivity contribution in [3.05, 3.63) is 0 Å². The Morgan fingerprint density at radius 1 is 1.14 bits per heavy atom. The maximum atomic E-state index is 10.7. The van der Waals surface area contributed by atoms with Crippen LogP contribution in [0.15, 0.2) is 0 Å². The zero-order valence-electron chi connectivity index (χ0n) is 10.3. The third kappa shape index (κ3) is 1.40. The van der Waals surface area contributed by atoms with Crippen LogP contribution in [0.25, 0.3) is 0 Å². The Bertz CT molecular complexity index is 216. The molecule has 1 aliphatic carbocycles. The van der Waals surface area contributed by atoms with Crippen molar-refractivity contribution in [2.75, 3.05) is 7.11 Å². The predicted octanol–water partition coefficient (Wildman–Crippen LogP) is 2.60. The molecule has 0 aliphatic heterocycles. The van der Waals surface area contributed by atoms with E-state index < -0.39 is 5.60 Å². The molecule has 1 aliphatic rings. The standard InChI is InChI=1S/C12H24O2/c1-10(2)8-7-9(14-6)11(3,4)12(10,5)13/h9,13H,7-8H2,1-6H3. The zero-order valence-corrected chi connectivity index (χ0v) is 10.3. The molecular formula is C12H24O2. The molecule has 2 unspecified atom stereocenters. The molecule has 0 heterocycles. The zero-order chi connectivity index (χ0) is 11.2. The molecule has 0 bridgehead atoms. The van der Waals surface area contributed by atoms with Crippen LogP contribution >= 0.6 is 0 Å². The largest absolute Gasteiger partial charge is 0.389 e. The Morgan fingerprint density at radius 3 is 2.07 bits per heavy atom. The third-order valence-electron chi connectivity index (χ3n) is 4.69. The Kier molecular flexibility index (Phi) is 2.75. The van der Waals surface area contributed by atoms with E-state index in [1.807, 2.05) is 6.92 Å². The van der Waals surface area contributed by atoms with Crippen molar-refractivity contribution in [1.29, 1.82) is 0 Å². The van der Waals surface area contributed by atoms with Gasteiger partial charge in [-0.3, -0.25) is 0 Å². The molecular weight excluding hydrogens is 176 g/mol. The SMILES string of the molecule is COC1CCC(C)(C)C(C)(O)C1(C)C. The first-order chi connectivity index (χ1) is 6.17. The molecule has 0 radical (unpaired) electrons. The number of aliphatic hydroxyl groups is 1. The van der Waals surface area contributed by atoms with Crippen molar-refractivity contribution in [2.45, 2.75) is 59.2 Å². The first-order valence-electron chi connectivity index (χ1n) is 5.42. The van der Waals surface area contributed by atoms with Gasteiger partial charge in [-0.15, -0.1) is 0 Å². The predicted molar refractivity (Wildman–Crippen MR) is 58.2 cm³/mol. The molecule has 0 aromatic rings. The van der Waals surface area contributed by atoms with Crippen LogP contribution in [0.5, 0.6) is 0 Å². The van der Waals surface area contributed by atoms with Crippen molar-refractivity contribution in [2.24, 2.45) is 10.8 Å². The molecule has 1 N–H and O–H groups in total. The molecule has 2 nitrogen and oxygen atoms in total.